The molecule has 0 radical (unpaired) electrons. The molecule has 0 bridgehead atoms. The van der Waals surface area contributed by atoms with Crippen LogP contribution in [0.2, 0.25) is 0 Å². The molecule has 0 unspecified atom stereocenters. The number of nitrogens with two attached hydrogens (primary N) is 1. The third-order valence-electron chi connectivity index (χ3n) is 3.43. The van der Waals surface area contributed by atoms with Crippen molar-refractivity contribution in [1.29, 1.82) is 0 Å². The number of rotatable bonds is 3. The Hall–Kier alpha value is -3.21. The predicted octanol–water partition coefficient (Wildman–Crippen LogP) is 2.97. The largest absolute Gasteiger partial charge is 0.438 e. The second-order valence-corrected chi connectivity index (χ2v) is 5.08. The first-order valence-electron chi connectivity index (χ1n) is 7.03. The Bertz CT molecular complexity index is 969. The zero-order valence-corrected chi connectivity index (χ0v) is 12.4. The second-order valence-electron chi connectivity index (χ2n) is 5.08. The number of benzene rings is 2. The Kier molecular flexibility index (Phi) is 3.76. The molecule has 0 spiro atoms. The minimum atomic E-state index is -0.612. The van der Waals surface area contributed by atoms with Gasteiger partial charge < -0.3 is 10.2 Å². The molecule has 1 heterocycles. The van der Waals surface area contributed by atoms with Crippen molar-refractivity contribution in [2.45, 2.75) is 6.92 Å². The lowest BCUT2D eigenvalue weighted by molar-refractivity contribution is 0.0993. The molecule has 0 saturated carbocycles. The van der Waals surface area contributed by atoms with Gasteiger partial charge in [-0.2, -0.15) is 0 Å². The van der Waals surface area contributed by atoms with Crippen LogP contribution in [0.25, 0.3) is 11.0 Å². The summed E-state index contributed by atoms with van der Waals surface area (Å²) in [5, 5.41) is 0.771. The van der Waals surface area contributed by atoms with Crippen LogP contribution in [0.5, 0.6) is 0 Å². The highest BCUT2D eigenvalue weighted by Crippen LogP contribution is 2.16. The number of amides is 1. The van der Waals surface area contributed by atoms with E-state index in [2.05, 4.69) is 4.99 Å². The molecule has 114 valence electrons. The zero-order chi connectivity index (χ0) is 16.4. The third-order valence-corrected chi connectivity index (χ3v) is 3.43. The average molecular weight is 306 g/mol. The summed E-state index contributed by atoms with van der Waals surface area (Å²) in [6.45, 7) is 1.50. The highest BCUT2D eigenvalue weighted by Gasteiger charge is 2.09. The van der Waals surface area contributed by atoms with E-state index >= 15 is 0 Å². The SMILES string of the molecule is CC(=O)c1ccc(N=c2oc3ccccc3cc2C(N)=O)cc1. The monoisotopic (exact) mass is 306 g/mol. The standard InChI is InChI=1S/C18H14N2O3/c1-11(21)12-6-8-14(9-7-12)20-18-15(17(19)22)10-13-4-2-3-5-16(13)23-18/h2-10H,1H3,(H2,19,22). The van der Waals surface area contributed by atoms with Gasteiger partial charge in [-0.05, 0) is 43.3 Å². The minimum absolute atomic E-state index is 0.0234. The Balaban J connectivity index is 2.18. The first kappa shape index (κ1) is 14.7. The van der Waals surface area contributed by atoms with Gasteiger partial charge in [0, 0.05) is 10.9 Å². The Morgan fingerprint density at radius 2 is 1.74 bits per heavy atom. The van der Waals surface area contributed by atoms with Crippen molar-refractivity contribution in [3.05, 3.63) is 71.3 Å². The minimum Gasteiger partial charge on any atom is -0.438 e. The molecule has 0 aliphatic heterocycles. The van der Waals surface area contributed by atoms with E-state index in [4.69, 9.17) is 10.2 Å². The number of primary amides is 1. The van der Waals surface area contributed by atoms with Gasteiger partial charge >= 0.3 is 0 Å². The summed E-state index contributed by atoms with van der Waals surface area (Å²) >= 11 is 0. The highest BCUT2D eigenvalue weighted by atomic mass is 16.3. The summed E-state index contributed by atoms with van der Waals surface area (Å²) in [6, 6.07) is 15.7. The highest BCUT2D eigenvalue weighted by molar-refractivity contribution is 5.95. The van der Waals surface area contributed by atoms with Crippen LogP contribution >= 0.6 is 0 Å². The van der Waals surface area contributed by atoms with Crippen LogP contribution in [0.4, 0.5) is 5.69 Å². The van der Waals surface area contributed by atoms with Gasteiger partial charge in [0.25, 0.3) is 5.91 Å². The van der Waals surface area contributed by atoms with Gasteiger partial charge in [0.2, 0.25) is 5.55 Å². The number of hydrogen-bond donors (Lipinski definition) is 1. The summed E-state index contributed by atoms with van der Waals surface area (Å²) in [4.78, 5) is 27.3. The van der Waals surface area contributed by atoms with E-state index in [9.17, 15) is 9.59 Å². The summed E-state index contributed by atoms with van der Waals surface area (Å²) < 4.78 is 5.70. The van der Waals surface area contributed by atoms with Crippen molar-refractivity contribution in [1.82, 2.24) is 0 Å². The average Bonchev–Trinajstić information content (AvgIpc) is 2.54. The van der Waals surface area contributed by atoms with Crippen LogP contribution in [0.15, 0.2) is 64.0 Å². The van der Waals surface area contributed by atoms with Gasteiger partial charge in [0.15, 0.2) is 5.78 Å². The van der Waals surface area contributed by atoms with Crippen molar-refractivity contribution in [2.24, 2.45) is 10.7 Å². The maximum Gasteiger partial charge on any atom is 0.254 e. The Labute approximate surface area is 132 Å². The molecule has 0 saturated heterocycles. The number of nitrogens with zero attached hydrogens (tertiary/aromatic N) is 1. The lowest BCUT2D eigenvalue weighted by Crippen LogP contribution is -2.21. The molecule has 0 aliphatic rings. The summed E-state index contributed by atoms with van der Waals surface area (Å²) in [5.41, 5.74) is 7.54. The van der Waals surface area contributed by atoms with E-state index in [1.165, 1.54) is 6.92 Å². The van der Waals surface area contributed by atoms with Crippen LogP contribution in [-0.4, -0.2) is 11.7 Å². The van der Waals surface area contributed by atoms with E-state index in [0.29, 0.717) is 16.8 Å². The Morgan fingerprint density at radius 3 is 2.39 bits per heavy atom. The number of fused-ring (bicyclic) bond motifs is 1. The first-order valence-corrected chi connectivity index (χ1v) is 7.03. The number of Topliss-reactive ketones (excluding diaryl/α,β-unsaturated/α-hetero) is 1. The molecule has 2 N–H and O–H groups in total. The molecule has 5 nitrogen and oxygen atoms in total. The van der Waals surface area contributed by atoms with Gasteiger partial charge in [0.1, 0.15) is 11.1 Å². The van der Waals surface area contributed by atoms with Gasteiger partial charge in [-0.25, -0.2) is 4.99 Å². The van der Waals surface area contributed by atoms with E-state index in [1.807, 2.05) is 18.2 Å². The summed E-state index contributed by atoms with van der Waals surface area (Å²) in [6.07, 6.45) is 0. The van der Waals surface area contributed by atoms with Crippen molar-refractivity contribution < 1.29 is 14.0 Å². The molecule has 5 heteroatoms. The van der Waals surface area contributed by atoms with Crippen molar-refractivity contribution >= 4 is 28.3 Å². The number of hydrogen-bond acceptors (Lipinski definition) is 4. The molecule has 0 fully saturated rings. The molecule has 3 aromatic rings. The van der Waals surface area contributed by atoms with Crippen molar-refractivity contribution in [3.63, 3.8) is 0 Å². The lowest BCUT2D eigenvalue weighted by atomic mass is 10.1. The molecular weight excluding hydrogens is 292 g/mol. The van der Waals surface area contributed by atoms with Crippen LogP contribution in [-0.2, 0) is 0 Å². The van der Waals surface area contributed by atoms with Gasteiger partial charge in [0.05, 0.1) is 5.69 Å². The third kappa shape index (κ3) is 3.03. The van der Waals surface area contributed by atoms with Gasteiger partial charge in [-0.1, -0.05) is 18.2 Å². The smallest absolute Gasteiger partial charge is 0.254 e. The fourth-order valence-electron chi connectivity index (χ4n) is 2.22. The number of carbonyl (C=O) groups excluding carboxylic acids is 2. The number of carbonyl (C=O) groups is 2. The van der Waals surface area contributed by atoms with E-state index in [-0.39, 0.29) is 16.9 Å². The molecule has 0 atom stereocenters. The Morgan fingerprint density at radius 1 is 1.04 bits per heavy atom. The molecular formula is C18H14N2O3. The quantitative estimate of drug-likeness (QED) is 0.755. The molecule has 1 amide bonds. The molecule has 2 aromatic carbocycles. The topological polar surface area (TPSA) is 85.7 Å². The van der Waals surface area contributed by atoms with Crippen LogP contribution in [0.3, 0.4) is 0 Å². The number of para-hydroxylation sites is 1. The van der Waals surface area contributed by atoms with Crippen LogP contribution in [0.1, 0.15) is 27.6 Å². The van der Waals surface area contributed by atoms with E-state index in [1.54, 1.807) is 36.4 Å². The lowest BCUT2D eigenvalue weighted by Gasteiger charge is -2.02. The summed E-state index contributed by atoms with van der Waals surface area (Å²) in [7, 11) is 0. The molecule has 1 aromatic heterocycles. The second kappa shape index (κ2) is 5.88. The van der Waals surface area contributed by atoms with E-state index < -0.39 is 5.91 Å². The van der Waals surface area contributed by atoms with Crippen molar-refractivity contribution in [3.8, 4) is 0 Å². The van der Waals surface area contributed by atoms with Crippen LogP contribution < -0.4 is 11.3 Å². The molecule has 23 heavy (non-hydrogen) atoms. The summed E-state index contributed by atoms with van der Waals surface area (Å²) in [5.74, 6) is -0.636. The maximum atomic E-state index is 11.7. The van der Waals surface area contributed by atoms with Crippen molar-refractivity contribution in [2.75, 3.05) is 0 Å². The predicted molar refractivity (Wildman–Crippen MR) is 86.4 cm³/mol. The fraction of sp³-hybridized carbons (Fsp3) is 0.0556. The number of ketones is 1. The normalized spacial score (nSPS) is 11.6. The molecule has 3 rings (SSSR count). The van der Waals surface area contributed by atoms with Gasteiger partial charge in [-0.3, -0.25) is 9.59 Å². The molecule has 0 aliphatic carbocycles. The van der Waals surface area contributed by atoms with E-state index in [0.717, 1.165) is 5.39 Å². The zero-order valence-electron chi connectivity index (χ0n) is 12.4. The maximum absolute atomic E-state index is 11.7. The fourth-order valence-corrected chi connectivity index (χ4v) is 2.22. The van der Waals surface area contributed by atoms with Gasteiger partial charge in [-0.15, -0.1) is 0 Å². The van der Waals surface area contributed by atoms with Crippen LogP contribution in [0, 0.1) is 0 Å². The first-order chi connectivity index (χ1) is 11.0.